The molecule has 0 saturated heterocycles. The Morgan fingerprint density at radius 3 is 2.71 bits per heavy atom. The third kappa shape index (κ3) is 1.60. The van der Waals surface area contributed by atoms with Gasteiger partial charge in [0.1, 0.15) is 6.42 Å². The Balaban J connectivity index is 1.96. The van der Waals surface area contributed by atoms with E-state index in [4.69, 9.17) is 9.78 Å². The van der Waals surface area contributed by atoms with Crippen LogP contribution in [0, 0.1) is 11.3 Å². The van der Waals surface area contributed by atoms with Gasteiger partial charge in [-0.25, -0.2) is 0 Å². The van der Waals surface area contributed by atoms with E-state index in [0.29, 0.717) is 11.7 Å². The van der Waals surface area contributed by atoms with Gasteiger partial charge in [0.05, 0.1) is 11.5 Å². The van der Waals surface area contributed by atoms with Crippen LogP contribution < -0.4 is 0 Å². The molecule has 0 unspecified atom stereocenters. The van der Waals surface area contributed by atoms with E-state index in [2.05, 4.69) is 22.3 Å². The van der Waals surface area contributed by atoms with Gasteiger partial charge < -0.3 is 4.52 Å². The van der Waals surface area contributed by atoms with E-state index in [1.165, 1.54) is 5.56 Å². The number of hydrogen-bond acceptors (Lipinski definition) is 4. The SMILES string of the molecule is N#CCc1nc(C2(c3ccccc3)CC2)no1. The van der Waals surface area contributed by atoms with Crippen molar-refractivity contribution in [1.82, 2.24) is 10.1 Å². The first-order chi connectivity index (χ1) is 8.35. The van der Waals surface area contributed by atoms with E-state index in [1.54, 1.807) is 0 Å². The molecule has 0 bridgehead atoms. The first-order valence-corrected chi connectivity index (χ1v) is 5.61. The Morgan fingerprint density at radius 2 is 2.06 bits per heavy atom. The molecule has 1 saturated carbocycles. The fraction of sp³-hybridized carbons (Fsp3) is 0.308. The predicted molar refractivity (Wildman–Crippen MR) is 60.1 cm³/mol. The molecule has 3 rings (SSSR count). The minimum absolute atomic E-state index is 0.0710. The number of aromatic nitrogens is 2. The van der Waals surface area contributed by atoms with Crippen LogP contribution in [-0.2, 0) is 11.8 Å². The molecule has 1 aliphatic carbocycles. The molecule has 1 aliphatic rings. The van der Waals surface area contributed by atoms with E-state index < -0.39 is 0 Å². The zero-order chi connectivity index (χ0) is 11.7. The average Bonchev–Trinajstić information content (AvgIpc) is 3.06. The van der Waals surface area contributed by atoms with Gasteiger partial charge in [-0.15, -0.1) is 0 Å². The lowest BCUT2D eigenvalue weighted by Crippen LogP contribution is -2.10. The predicted octanol–water partition coefficient (Wildman–Crippen LogP) is 2.22. The van der Waals surface area contributed by atoms with Crippen LogP contribution in [-0.4, -0.2) is 10.1 Å². The molecule has 0 atom stereocenters. The molecule has 1 aromatic heterocycles. The molecule has 1 heterocycles. The van der Waals surface area contributed by atoms with E-state index in [1.807, 2.05) is 24.3 Å². The van der Waals surface area contributed by atoms with Gasteiger partial charge in [-0.05, 0) is 18.4 Å². The lowest BCUT2D eigenvalue weighted by Gasteiger charge is -2.09. The number of nitrogens with zero attached hydrogens (tertiary/aromatic N) is 3. The summed E-state index contributed by atoms with van der Waals surface area (Å²) in [6.07, 6.45) is 2.27. The Labute approximate surface area is 98.9 Å². The normalized spacial score (nSPS) is 16.4. The summed E-state index contributed by atoms with van der Waals surface area (Å²) < 4.78 is 5.07. The lowest BCUT2D eigenvalue weighted by molar-refractivity contribution is 0.378. The summed E-state index contributed by atoms with van der Waals surface area (Å²) in [7, 11) is 0. The molecular formula is C13H11N3O. The zero-order valence-electron chi connectivity index (χ0n) is 9.26. The highest BCUT2D eigenvalue weighted by atomic mass is 16.5. The summed E-state index contributed by atoms with van der Waals surface area (Å²) in [6.45, 7) is 0. The minimum Gasteiger partial charge on any atom is -0.338 e. The lowest BCUT2D eigenvalue weighted by atomic mass is 9.95. The highest BCUT2D eigenvalue weighted by Gasteiger charge is 2.49. The van der Waals surface area contributed by atoms with Crippen LogP contribution in [0.25, 0.3) is 0 Å². The monoisotopic (exact) mass is 225 g/mol. The van der Waals surface area contributed by atoms with Crippen LogP contribution in [0.5, 0.6) is 0 Å². The molecule has 0 N–H and O–H groups in total. The maximum absolute atomic E-state index is 8.59. The first-order valence-electron chi connectivity index (χ1n) is 5.61. The largest absolute Gasteiger partial charge is 0.338 e. The van der Waals surface area contributed by atoms with Gasteiger partial charge in [-0.1, -0.05) is 35.5 Å². The molecular weight excluding hydrogens is 214 g/mol. The van der Waals surface area contributed by atoms with Crippen molar-refractivity contribution in [2.24, 2.45) is 0 Å². The van der Waals surface area contributed by atoms with Crippen molar-refractivity contribution in [2.45, 2.75) is 24.7 Å². The van der Waals surface area contributed by atoms with Crippen molar-refractivity contribution in [3.63, 3.8) is 0 Å². The van der Waals surface area contributed by atoms with Crippen molar-refractivity contribution >= 4 is 0 Å². The van der Waals surface area contributed by atoms with Gasteiger partial charge in [-0.3, -0.25) is 0 Å². The molecule has 1 aromatic carbocycles. The van der Waals surface area contributed by atoms with Gasteiger partial charge in [0.25, 0.3) is 0 Å². The van der Waals surface area contributed by atoms with Gasteiger partial charge in [0.2, 0.25) is 5.89 Å². The number of hydrogen-bond donors (Lipinski definition) is 0. The Kier molecular flexibility index (Phi) is 2.19. The molecule has 2 aromatic rings. The van der Waals surface area contributed by atoms with Crippen LogP contribution in [0.3, 0.4) is 0 Å². The zero-order valence-corrected chi connectivity index (χ0v) is 9.26. The molecule has 0 amide bonds. The van der Waals surface area contributed by atoms with Crippen molar-refractivity contribution in [2.75, 3.05) is 0 Å². The van der Waals surface area contributed by atoms with Crippen molar-refractivity contribution in [1.29, 1.82) is 5.26 Å². The summed E-state index contributed by atoms with van der Waals surface area (Å²) >= 11 is 0. The Morgan fingerprint density at radius 1 is 1.29 bits per heavy atom. The van der Waals surface area contributed by atoms with E-state index in [-0.39, 0.29) is 11.8 Å². The molecule has 84 valence electrons. The Hall–Kier alpha value is -2.15. The standard InChI is InChI=1S/C13H11N3O/c14-9-6-11-15-12(16-17-11)13(7-8-13)10-4-2-1-3-5-10/h1-5H,6-8H2. The fourth-order valence-corrected chi connectivity index (χ4v) is 2.11. The maximum Gasteiger partial charge on any atom is 0.240 e. The fourth-order valence-electron chi connectivity index (χ4n) is 2.11. The summed E-state index contributed by atoms with van der Waals surface area (Å²) in [4.78, 5) is 4.31. The first kappa shape index (κ1) is 10.0. The van der Waals surface area contributed by atoms with Gasteiger partial charge >= 0.3 is 0 Å². The van der Waals surface area contributed by atoms with Crippen molar-refractivity contribution in [3.8, 4) is 6.07 Å². The number of nitriles is 1. The van der Waals surface area contributed by atoms with E-state index >= 15 is 0 Å². The molecule has 1 fully saturated rings. The quantitative estimate of drug-likeness (QED) is 0.803. The molecule has 0 radical (unpaired) electrons. The van der Waals surface area contributed by atoms with Crippen LogP contribution >= 0.6 is 0 Å². The van der Waals surface area contributed by atoms with Gasteiger partial charge in [-0.2, -0.15) is 10.2 Å². The smallest absolute Gasteiger partial charge is 0.240 e. The van der Waals surface area contributed by atoms with Crippen molar-refractivity contribution < 1.29 is 4.52 Å². The minimum atomic E-state index is -0.0710. The van der Waals surface area contributed by atoms with Gasteiger partial charge in [0, 0.05) is 0 Å². The average molecular weight is 225 g/mol. The highest BCUT2D eigenvalue weighted by Crippen LogP contribution is 2.52. The van der Waals surface area contributed by atoms with Crippen LogP contribution in [0.15, 0.2) is 34.9 Å². The topological polar surface area (TPSA) is 62.7 Å². The highest BCUT2D eigenvalue weighted by molar-refractivity contribution is 5.38. The molecule has 0 spiro atoms. The van der Waals surface area contributed by atoms with Crippen LogP contribution in [0.2, 0.25) is 0 Å². The third-order valence-electron chi connectivity index (χ3n) is 3.20. The molecule has 4 nitrogen and oxygen atoms in total. The summed E-state index contributed by atoms with van der Waals surface area (Å²) in [5.74, 6) is 1.12. The summed E-state index contributed by atoms with van der Waals surface area (Å²) in [6, 6.07) is 12.2. The molecule has 17 heavy (non-hydrogen) atoms. The number of rotatable bonds is 3. The van der Waals surface area contributed by atoms with E-state index in [0.717, 1.165) is 12.8 Å². The molecule has 0 aliphatic heterocycles. The summed E-state index contributed by atoms with van der Waals surface area (Å²) in [5, 5.41) is 12.6. The summed E-state index contributed by atoms with van der Waals surface area (Å²) in [5.41, 5.74) is 1.16. The second-order valence-corrected chi connectivity index (χ2v) is 4.29. The van der Waals surface area contributed by atoms with Crippen LogP contribution in [0.1, 0.15) is 30.1 Å². The maximum atomic E-state index is 8.59. The third-order valence-corrected chi connectivity index (χ3v) is 3.20. The Bertz CT molecular complexity index is 564. The second kappa shape index (κ2) is 3.70. The van der Waals surface area contributed by atoms with Crippen LogP contribution in [0.4, 0.5) is 0 Å². The van der Waals surface area contributed by atoms with E-state index in [9.17, 15) is 0 Å². The van der Waals surface area contributed by atoms with Crippen molar-refractivity contribution in [3.05, 3.63) is 47.6 Å². The number of benzene rings is 1. The molecule has 4 heteroatoms. The van der Waals surface area contributed by atoms with Gasteiger partial charge in [0.15, 0.2) is 5.82 Å². The second-order valence-electron chi connectivity index (χ2n) is 4.29.